The minimum Gasteiger partial charge on any atom is -0.376 e. The van der Waals surface area contributed by atoms with Crippen LogP contribution in [0.15, 0.2) is 30.5 Å². The summed E-state index contributed by atoms with van der Waals surface area (Å²) in [7, 11) is 0. The predicted molar refractivity (Wildman–Crippen MR) is 108 cm³/mol. The molecule has 1 aromatic carbocycles. The summed E-state index contributed by atoms with van der Waals surface area (Å²) >= 11 is 0. The van der Waals surface area contributed by atoms with Gasteiger partial charge in [0.2, 0.25) is 0 Å². The van der Waals surface area contributed by atoms with Crippen molar-refractivity contribution in [3.63, 3.8) is 0 Å². The molecule has 3 rings (SSSR count). The van der Waals surface area contributed by atoms with Crippen molar-refractivity contribution < 1.29 is 9.53 Å². The van der Waals surface area contributed by atoms with Crippen molar-refractivity contribution in [3.8, 4) is 5.69 Å². The highest BCUT2D eigenvalue weighted by Crippen LogP contribution is 2.26. The summed E-state index contributed by atoms with van der Waals surface area (Å²) in [5.41, 5.74) is 3.35. The number of ether oxygens (including phenoxy) is 1. The molecule has 146 valence electrons. The second-order valence-electron chi connectivity index (χ2n) is 8.59. The first-order valence-corrected chi connectivity index (χ1v) is 9.85. The molecule has 0 radical (unpaired) electrons. The van der Waals surface area contributed by atoms with E-state index < -0.39 is 0 Å². The molecular weight excluding hydrogens is 338 g/mol. The highest BCUT2D eigenvalue weighted by molar-refractivity contribution is 5.95. The van der Waals surface area contributed by atoms with Gasteiger partial charge in [-0.15, -0.1) is 0 Å². The number of aryl methyl sites for hydroxylation is 1. The van der Waals surface area contributed by atoms with Gasteiger partial charge < -0.3 is 10.1 Å². The zero-order valence-electron chi connectivity index (χ0n) is 17.1. The Morgan fingerprint density at radius 3 is 2.56 bits per heavy atom. The average molecular weight is 370 g/mol. The fourth-order valence-corrected chi connectivity index (χ4v) is 3.46. The molecule has 1 amide bonds. The molecule has 1 aliphatic heterocycles. The Balaban J connectivity index is 1.86. The molecule has 2 aromatic rings. The minimum atomic E-state index is -0.229. The molecule has 27 heavy (non-hydrogen) atoms. The summed E-state index contributed by atoms with van der Waals surface area (Å²) in [5.74, 6) is -0.0834. The first-order chi connectivity index (χ1) is 12.8. The van der Waals surface area contributed by atoms with Crippen molar-refractivity contribution in [2.75, 3.05) is 6.61 Å². The number of rotatable bonds is 4. The van der Waals surface area contributed by atoms with Gasteiger partial charge in [0.15, 0.2) is 0 Å². The van der Waals surface area contributed by atoms with E-state index in [1.165, 1.54) is 5.56 Å². The number of aromatic nitrogens is 2. The lowest BCUT2D eigenvalue weighted by Gasteiger charge is -2.28. The molecule has 1 saturated heterocycles. The number of carbonyl (C=O) groups excluding carboxylic acids is 1. The Morgan fingerprint density at radius 1 is 1.26 bits per heavy atom. The normalized spacial score (nSPS) is 18.9. The molecule has 2 atom stereocenters. The van der Waals surface area contributed by atoms with Crippen LogP contribution in [0.25, 0.3) is 5.69 Å². The molecule has 1 N–H and O–H groups in total. The summed E-state index contributed by atoms with van der Waals surface area (Å²) in [5, 5.41) is 7.88. The van der Waals surface area contributed by atoms with Gasteiger partial charge in [0, 0.05) is 18.2 Å². The lowest BCUT2D eigenvalue weighted by Crippen LogP contribution is -2.44. The van der Waals surface area contributed by atoms with Gasteiger partial charge in [-0.2, -0.15) is 5.10 Å². The molecule has 5 heteroatoms. The van der Waals surface area contributed by atoms with Crippen molar-refractivity contribution in [3.05, 3.63) is 47.3 Å². The van der Waals surface area contributed by atoms with Crippen molar-refractivity contribution >= 4 is 5.91 Å². The maximum absolute atomic E-state index is 13.0. The number of nitrogens with one attached hydrogen (secondary N) is 1. The monoisotopic (exact) mass is 369 g/mol. The van der Waals surface area contributed by atoms with Gasteiger partial charge >= 0.3 is 0 Å². The van der Waals surface area contributed by atoms with E-state index in [9.17, 15) is 4.79 Å². The van der Waals surface area contributed by atoms with Crippen LogP contribution in [-0.4, -0.2) is 34.4 Å². The summed E-state index contributed by atoms with van der Waals surface area (Å²) < 4.78 is 7.63. The highest BCUT2D eigenvalue weighted by Gasteiger charge is 2.29. The SMILES string of the molecule is Cc1ccc(-n2cc(C(=O)NC(C)C3CCCCO3)c(C(C)(C)C)n2)cc1. The van der Waals surface area contributed by atoms with Crippen LogP contribution in [0, 0.1) is 6.92 Å². The standard InChI is InChI=1S/C22H31N3O2/c1-15-9-11-17(12-10-15)25-14-18(20(24-25)22(3,4)5)21(26)23-16(2)19-8-6-7-13-27-19/h9-12,14,16,19H,6-8,13H2,1-5H3,(H,23,26). The number of hydrogen-bond acceptors (Lipinski definition) is 3. The zero-order chi connectivity index (χ0) is 19.6. The van der Waals surface area contributed by atoms with Crippen molar-refractivity contribution in [2.45, 2.75) is 71.4 Å². The van der Waals surface area contributed by atoms with Crippen LogP contribution in [-0.2, 0) is 10.2 Å². The van der Waals surface area contributed by atoms with Crippen LogP contribution in [0.3, 0.4) is 0 Å². The van der Waals surface area contributed by atoms with Crippen LogP contribution in [0.1, 0.15) is 68.6 Å². The van der Waals surface area contributed by atoms with Gasteiger partial charge in [0.1, 0.15) is 0 Å². The quantitative estimate of drug-likeness (QED) is 0.880. The van der Waals surface area contributed by atoms with E-state index in [0.717, 1.165) is 37.3 Å². The number of carbonyl (C=O) groups is 1. The van der Waals surface area contributed by atoms with E-state index in [1.54, 1.807) is 4.68 Å². The molecule has 0 bridgehead atoms. The van der Waals surface area contributed by atoms with Crippen LogP contribution in [0.4, 0.5) is 0 Å². The third-order valence-corrected chi connectivity index (χ3v) is 5.10. The van der Waals surface area contributed by atoms with Gasteiger partial charge in [0.25, 0.3) is 5.91 Å². The maximum Gasteiger partial charge on any atom is 0.255 e. The second kappa shape index (κ2) is 7.85. The minimum absolute atomic E-state index is 0.0201. The van der Waals surface area contributed by atoms with Gasteiger partial charge in [-0.25, -0.2) is 4.68 Å². The summed E-state index contributed by atoms with van der Waals surface area (Å²) in [6, 6.07) is 8.13. The van der Waals surface area contributed by atoms with Gasteiger partial charge in [0.05, 0.1) is 29.1 Å². The van der Waals surface area contributed by atoms with Crippen LogP contribution < -0.4 is 5.32 Å². The molecule has 1 fully saturated rings. The lowest BCUT2D eigenvalue weighted by molar-refractivity contribution is -0.00299. The molecule has 0 aliphatic carbocycles. The molecule has 1 aromatic heterocycles. The Kier molecular flexibility index (Phi) is 5.70. The molecule has 0 saturated carbocycles. The molecule has 5 nitrogen and oxygen atoms in total. The first kappa shape index (κ1) is 19.6. The Morgan fingerprint density at radius 2 is 1.96 bits per heavy atom. The first-order valence-electron chi connectivity index (χ1n) is 9.85. The van der Waals surface area contributed by atoms with E-state index in [1.807, 2.05) is 25.3 Å². The average Bonchev–Trinajstić information content (AvgIpc) is 3.09. The summed E-state index contributed by atoms with van der Waals surface area (Å²) in [6.45, 7) is 11.1. The molecule has 1 aliphatic rings. The number of hydrogen-bond donors (Lipinski definition) is 1. The molecule has 2 unspecified atom stereocenters. The highest BCUT2D eigenvalue weighted by atomic mass is 16.5. The van der Waals surface area contributed by atoms with E-state index in [-0.39, 0.29) is 23.5 Å². The van der Waals surface area contributed by atoms with Crippen LogP contribution >= 0.6 is 0 Å². The predicted octanol–water partition coefficient (Wildman–Crippen LogP) is 4.17. The van der Waals surface area contributed by atoms with E-state index in [0.29, 0.717) is 5.56 Å². The topological polar surface area (TPSA) is 56.2 Å². The Bertz CT molecular complexity index is 781. The van der Waals surface area contributed by atoms with Crippen molar-refractivity contribution in [1.29, 1.82) is 0 Å². The van der Waals surface area contributed by atoms with Crippen LogP contribution in [0.2, 0.25) is 0 Å². The number of nitrogens with zero attached hydrogens (tertiary/aromatic N) is 2. The van der Waals surface area contributed by atoms with E-state index in [2.05, 4.69) is 45.1 Å². The molecule has 0 spiro atoms. The van der Waals surface area contributed by atoms with Gasteiger partial charge in [-0.1, -0.05) is 38.5 Å². The number of amides is 1. The Labute approximate surface area is 162 Å². The third-order valence-electron chi connectivity index (χ3n) is 5.10. The fourth-order valence-electron chi connectivity index (χ4n) is 3.46. The fraction of sp³-hybridized carbons (Fsp3) is 0.545. The summed E-state index contributed by atoms with van der Waals surface area (Å²) in [4.78, 5) is 13.0. The van der Waals surface area contributed by atoms with E-state index in [4.69, 9.17) is 9.84 Å². The smallest absolute Gasteiger partial charge is 0.255 e. The molecule has 2 heterocycles. The zero-order valence-corrected chi connectivity index (χ0v) is 17.1. The van der Waals surface area contributed by atoms with Gasteiger partial charge in [-0.05, 0) is 45.2 Å². The second-order valence-corrected chi connectivity index (χ2v) is 8.59. The van der Waals surface area contributed by atoms with E-state index >= 15 is 0 Å². The summed E-state index contributed by atoms with van der Waals surface area (Å²) in [6.07, 6.45) is 5.19. The molecular formula is C22H31N3O2. The maximum atomic E-state index is 13.0. The van der Waals surface area contributed by atoms with Crippen LogP contribution in [0.5, 0.6) is 0 Å². The van der Waals surface area contributed by atoms with Crippen molar-refractivity contribution in [1.82, 2.24) is 15.1 Å². The Hall–Kier alpha value is -2.14. The lowest BCUT2D eigenvalue weighted by atomic mass is 9.89. The largest absolute Gasteiger partial charge is 0.376 e. The number of benzene rings is 1. The van der Waals surface area contributed by atoms with Gasteiger partial charge in [-0.3, -0.25) is 4.79 Å². The van der Waals surface area contributed by atoms with Crippen molar-refractivity contribution in [2.24, 2.45) is 0 Å². The third kappa shape index (κ3) is 4.59.